The summed E-state index contributed by atoms with van der Waals surface area (Å²) in [4.78, 5) is 39.7. The Labute approximate surface area is 250 Å². The molecule has 0 unspecified atom stereocenters. The Morgan fingerprint density at radius 2 is 1.98 bits per heavy atom. The molecule has 2 saturated heterocycles. The molecule has 2 amide bonds. The minimum atomic E-state index is -1.76. The average molecular weight is 607 g/mol. The molecular formula is C30H39ClN2O9. The fraction of sp³-hybridized carbons (Fsp3) is 0.567. The standard InChI is InChI=1S/C30H39ClN2O9/c1-16-9-8-10-23(39-7)30(37)15-22(41-28(36)32-30)17(2)27-29(4,42-27)24(40-18(3)34)14-25(35)33(5)20-12-19(11-16)13-21(38-6)26(20)31/h8-10,12-13,17,22-24,27,37H,11,14-15H2,1-7H3,(H,32,36)/b10-8+,16-9+/t17-,22+,23-,24-,27-,29+,30+/m1/s1. The first kappa shape index (κ1) is 31.8. The number of nitrogens with zero attached hydrogens (tertiary/aromatic N) is 1. The van der Waals surface area contributed by atoms with Crippen LogP contribution in [0.15, 0.2) is 35.9 Å². The molecule has 3 aliphatic heterocycles. The van der Waals surface area contributed by atoms with Crippen LogP contribution in [0.3, 0.4) is 0 Å². The van der Waals surface area contributed by atoms with Gasteiger partial charge in [-0.3, -0.25) is 14.9 Å². The van der Waals surface area contributed by atoms with Crippen LogP contribution in [0.1, 0.15) is 46.1 Å². The van der Waals surface area contributed by atoms with E-state index in [1.54, 1.807) is 32.2 Å². The molecule has 1 aromatic rings. The smallest absolute Gasteiger partial charge is 0.409 e. The third kappa shape index (κ3) is 6.44. The number of allylic oxidation sites excluding steroid dienone is 3. The molecule has 12 heteroatoms. The van der Waals surface area contributed by atoms with E-state index < -0.39 is 53.7 Å². The maximum Gasteiger partial charge on any atom is 0.409 e. The minimum absolute atomic E-state index is 0.00538. The van der Waals surface area contributed by atoms with Gasteiger partial charge in [0.1, 0.15) is 34.7 Å². The number of halogens is 1. The number of carbonyl (C=O) groups is 3. The molecule has 1 aromatic carbocycles. The van der Waals surface area contributed by atoms with Gasteiger partial charge in [-0.25, -0.2) is 4.79 Å². The van der Waals surface area contributed by atoms with Gasteiger partial charge in [0, 0.05) is 33.4 Å². The van der Waals surface area contributed by atoms with Crippen molar-refractivity contribution in [3.05, 3.63) is 46.5 Å². The number of benzene rings is 1. The van der Waals surface area contributed by atoms with E-state index in [2.05, 4.69) is 5.32 Å². The monoisotopic (exact) mass is 606 g/mol. The Balaban J connectivity index is 1.79. The number of nitrogens with one attached hydrogen (secondary N) is 1. The summed E-state index contributed by atoms with van der Waals surface area (Å²) >= 11 is 6.64. The summed E-state index contributed by atoms with van der Waals surface area (Å²) in [7, 11) is 4.54. The number of hydrogen-bond acceptors (Lipinski definition) is 9. The molecule has 0 spiro atoms. The Bertz CT molecular complexity index is 1300. The summed E-state index contributed by atoms with van der Waals surface area (Å²) in [5.41, 5.74) is -0.570. The van der Waals surface area contributed by atoms with Crippen molar-refractivity contribution in [1.82, 2.24) is 5.32 Å². The third-order valence-corrected chi connectivity index (χ3v) is 8.64. The number of alkyl carbamates (subject to hydrolysis) is 1. The van der Waals surface area contributed by atoms with Gasteiger partial charge in [0.25, 0.3) is 0 Å². The van der Waals surface area contributed by atoms with Gasteiger partial charge < -0.3 is 33.7 Å². The quantitative estimate of drug-likeness (QED) is 0.390. The number of rotatable bonds is 3. The largest absolute Gasteiger partial charge is 0.495 e. The maximum absolute atomic E-state index is 13.6. The number of esters is 1. The molecule has 2 N–H and O–H groups in total. The van der Waals surface area contributed by atoms with Crippen molar-refractivity contribution in [3.8, 4) is 5.75 Å². The SMILES string of the molecule is COc1cc2cc(c1Cl)N(C)C(=O)C[C@@H](OC(C)=O)[C@]1(C)O[C@@H]1[C@H](C)[C@@H]1C[C@@](O)(NC(=O)O1)[C@H](OC)/C=C/C=C(\C)C2. The second-order valence-electron chi connectivity index (χ2n) is 11.4. The van der Waals surface area contributed by atoms with E-state index in [0.29, 0.717) is 17.9 Å². The fourth-order valence-corrected chi connectivity index (χ4v) is 6.12. The number of methoxy groups -OCH3 is 2. The number of aliphatic hydroxyl groups is 1. The Morgan fingerprint density at radius 3 is 2.62 bits per heavy atom. The van der Waals surface area contributed by atoms with E-state index in [1.807, 2.05) is 26.0 Å². The van der Waals surface area contributed by atoms with Crippen molar-refractivity contribution in [1.29, 1.82) is 0 Å². The molecule has 7 atom stereocenters. The van der Waals surface area contributed by atoms with Crippen LogP contribution in [0.4, 0.5) is 10.5 Å². The summed E-state index contributed by atoms with van der Waals surface area (Å²) in [6.07, 6.45) is 1.67. The molecule has 3 aliphatic rings. The lowest BCUT2D eigenvalue weighted by Gasteiger charge is -2.42. The van der Waals surface area contributed by atoms with E-state index in [1.165, 1.54) is 26.0 Å². The summed E-state index contributed by atoms with van der Waals surface area (Å²) in [5.74, 6) is -0.951. The summed E-state index contributed by atoms with van der Waals surface area (Å²) in [6, 6.07) is 3.62. The number of carbonyl (C=O) groups excluding carboxylic acids is 3. The van der Waals surface area contributed by atoms with E-state index in [-0.39, 0.29) is 23.8 Å². The third-order valence-electron chi connectivity index (χ3n) is 8.26. The van der Waals surface area contributed by atoms with Crippen LogP contribution in [0.25, 0.3) is 0 Å². The summed E-state index contributed by atoms with van der Waals surface area (Å²) < 4.78 is 28.4. The van der Waals surface area contributed by atoms with Crippen LogP contribution in [0.5, 0.6) is 5.75 Å². The van der Waals surface area contributed by atoms with Crippen LogP contribution < -0.4 is 15.0 Å². The maximum atomic E-state index is 13.6. The zero-order valence-electron chi connectivity index (χ0n) is 24.9. The van der Waals surface area contributed by atoms with Gasteiger partial charge in [-0.1, -0.05) is 42.3 Å². The van der Waals surface area contributed by atoms with Crippen LogP contribution in [-0.2, 0) is 35.0 Å². The van der Waals surface area contributed by atoms with Gasteiger partial charge in [0.2, 0.25) is 5.91 Å². The lowest BCUT2D eigenvalue weighted by molar-refractivity contribution is -0.151. The first-order valence-corrected chi connectivity index (χ1v) is 14.2. The number of ether oxygens (including phenoxy) is 5. The zero-order valence-corrected chi connectivity index (χ0v) is 25.7. The van der Waals surface area contributed by atoms with Gasteiger partial charge >= 0.3 is 12.1 Å². The normalized spacial score (nSPS) is 35.6. The van der Waals surface area contributed by atoms with Crippen molar-refractivity contribution in [3.63, 3.8) is 0 Å². The van der Waals surface area contributed by atoms with Crippen LogP contribution in [-0.4, -0.2) is 80.1 Å². The first-order valence-electron chi connectivity index (χ1n) is 13.8. The molecule has 4 rings (SSSR count). The second kappa shape index (κ2) is 12.2. The van der Waals surface area contributed by atoms with Crippen molar-refractivity contribution >= 4 is 35.3 Å². The van der Waals surface area contributed by atoms with Crippen LogP contribution in [0, 0.1) is 5.92 Å². The molecule has 3 heterocycles. The molecule has 0 radical (unpaired) electrons. The number of epoxide rings is 1. The molecule has 2 fully saturated rings. The van der Waals surface area contributed by atoms with Gasteiger partial charge in [0.05, 0.1) is 25.3 Å². The lowest BCUT2D eigenvalue weighted by atomic mass is 9.83. The molecule has 0 saturated carbocycles. The highest BCUT2D eigenvalue weighted by Crippen LogP contribution is 2.49. The highest BCUT2D eigenvalue weighted by atomic mass is 35.5. The number of fused-ring (bicyclic) bond motifs is 5. The van der Waals surface area contributed by atoms with Gasteiger partial charge in [-0.15, -0.1) is 0 Å². The summed E-state index contributed by atoms with van der Waals surface area (Å²) in [6.45, 7) is 6.77. The highest BCUT2D eigenvalue weighted by Gasteiger charge is 2.64. The predicted molar refractivity (Wildman–Crippen MR) is 154 cm³/mol. The molecule has 0 aliphatic carbocycles. The molecule has 42 heavy (non-hydrogen) atoms. The van der Waals surface area contributed by atoms with Crippen molar-refractivity contribution < 1.29 is 43.2 Å². The number of hydrogen-bond donors (Lipinski definition) is 2. The van der Waals surface area contributed by atoms with E-state index in [4.69, 9.17) is 35.3 Å². The molecule has 4 bridgehead atoms. The van der Waals surface area contributed by atoms with Crippen molar-refractivity contribution in [2.45, 2.75) is 82.7 Å². The Morgan fingerprint density at radius 1 is 1.26 bits per heavy atom. The Kier molecular flexibility index (Phi) is 9.27. The van der Waals surface area contributed by atoms with E-state index in [9.17, 15) is 19.5 Å². The van der Waals surface area contributed by atoms with Crippen molar-refractivity contribution in [2.75, 3.05) is 26.2 Å². The second-order valence-corrected chi connectivity index (χ2v) is 11.8. The van der Waals surface area contributed by atoms with Crippen LogP contribution in [0.2, 0.25) is 5.02 Å². The molecule has 0 aromatic heterocycles. The van der Waals surface area contributed by atoms with E-state index in [0.717, 1.165) is 11.1 Å². The van der Waals surface area contributed by atoms with Gasteiger partial charge in [0.15, 0.2) is 5.72 Å². The lowest BCUT2D eigenvalue weighted by Crippen LogP contribution is -2.63. The topological polar surface area (TPSA) is 136 Å². The zero-order chi connectivity index (χ0) is 31.0. The number of amides is 2. The number of anilines is 1. The highest BCUT2D eigenvalue weighted by molar-refractivity contribution is 6.35. The minimum Gasteiger partial charge on any atom is -0.495 e. The molecule has 11 nitrogen and oxygen atoms in total. The van der Waals surface area contributed by atoms with Gasteiger partial charge in [-0.05, 0) is 38.0 Å². The van der Waals surface area contributed by atoms with E-state index >= 15 is 0 Å². The first-order chi connectivity index (χ1) is 19.7. The Hall–Kier alpha value is -3.12. The average Bonchev–Trinajstić information content (AvgIpc) is 3.61. The molecule has 230 valence electrons. The predicted octanol–water partition coefficient (Wildman–Crippen LogP) is 3.69. The van der Waals surface area contributed by atoms with Crippen LogP contribution >= 0.6 is 11.6 Å². The molecular weight excluding hydrogens is 568 g/mol. The summed E-state index contributed by atoms with van der Waals surface area (Å²) in [5, 5.41) is 14.3. The van der Waals surface area contributed by atoms with Crippen molar-refractivity contribution in [2.24, 2.45) is 5.92 Å². The van der Waals surface area contributed by atoms with Gasteiger partial charge in [-0.2, -0.15) is 0 Å². The fourth-order valence-electron chi connectivity index (χ4n) is 5.81.